The molecule has 2 aromatic heterocycles. The number of benzene rings is 1. The summed E-state index contributed by atoms with van der Waals surface area (Å²) in [6.07, 6.45) is -11.1. The van der Waals surface area contributed by atoms with Gasteiger partial charge in [-0.2, -0.15) is 26.3 Å². The number of nitrogens with two attached hydrogens (primary N) is 2. The standard InChI is InChI=1S/C33H33F7N8O4/c1-15(41)27(16(2)43-11-26(42)49)19-7-23(29(51-4)44-9-19)24-10-45-30(47-12-22(34)13-47)46-25(24)14-48-17(3)28(52-31(48)50)18-5-20(32(35,36)37)8-21(6-18)33(38,39)40/h5-10,17,22,28H,11-14,41H2,1-4H3,(H2,42,49)/b27-15+,43-16?. The SMILES string of the molecule is COc1ncc(/C(C(C)=NCC(N)=O)=C(\C)N)cc1-c1cnc(N2CC(F)C2)nc1CN1C(=O)OC(c2cc(C(F)(F)F)cc(C(F)(F)F)c2)C1C. The zero-order valence-corrected chi connectivity index (χ0v) is 28.1. The first-order valence-electron chi connectivity index (χ1n) is 15.6. The monoisotopic (exact) mass is 738 g/mol. The number of ether oxygens (including phenoxy) is 2. The van der Waals surface area contributed by atoms with Gasteiger partial charge in [0.1, 0.15) is 18.8 Å². The van der Waals surface area contributed by atoms with Crippen molar-refractivity contribution in [2.45, 2.75) is 58.0 Å². The first kappa shape index (κ1) is 37.8. The average Bonchev–Trinajstić information content (AvgIpc) is 3.33. The van der Waals surface area contributed by atoms with Gasteiger partial charge in [-0.3, -0.25) is 14.7 Å². The Morgan fingerprint density at radius 2 is 1.63 bits per heavy atom. The molecule has 2 amide bonds. The van der Waals surface area contributed by atoms with Crippen LogP contribution in [-0.4, -0.2) is 76.5 Å². The molecule has 0 aliphatic carbocycles. The van der Waals surface area contributed by atoms with Gasteiger partial charge in [-0.05, 0) is 50.6 Å². The molecular formula is C33H33F7N8O4. The lowest BCUT2D eigenvalue weighted by Crippen LogP contribution is -2.49. The third-order valence-electron chi connectivity index (χ3n) is 8.48. The lowest BCUT2D eigenvalue weighted by Gasteiger charge is -2.34. The number of methoxy groups -OCH3 is 1. The van der Waals surface area contributed by atoms with Crippen LogP contribution in [0.2, 0.25) is 0 Å². The highest BCUT2D eigenvalue weighted by Crippen LogP contribution is 2.42. The number of allylic oxidation sites excluding steroid dienone is 2. The summed E-state index contributed by atoms with van der Waals surface area (Å²) < 4.78 is 107. The number of carbonyl (C=O) groups is 2. The van der Waals surface area contributed by atoms with E-state index < -0.39 is 59.4 Å². The number of cyclic esters (lactones) is 1. The number of anilines is 1. The van der Waals surface area contributed by atoms with E-state index in [0.29, 0.717) is 40.2 Å². The van der Waals surface area contributed by atoms with Gasteiger partial charge in [0.2, 0.25) is 17.7 Å². The van der Waals surface area contributed by atoms with E-state index in [-0.39, 0.29) is 55.3 Å². The molecule has 2 fully saturated rings. The van der Waals surface area contributed by atoms with E-state index in [1.807, 2.05) is 0 Å². The number of rotatable bonds is 10. The molecule has 2 saturated heterocycles. The van der Waals surface area contributed by atoms with E-state index >= 15 is 0 Å². The molecule has 4 heterocycles. The van der Waals surface area contributed by atoms with Crippen LogP contribution in [0.4, 0.5) is 41.5 Å². The molecule has 1 aromatic carbocycles. The summed E-state index contributed by atoms with van der Waals surface area (Å²) in [5.41, 5.74) is 10.1. The van der Waals surface area contributed by atoms with Gasteiger partial charge in [-0.1, -0.05) is 0 Å². The highest BCUT2D eigenvalue weighted by molar-refractivity contribution is 6.23. The van der Waals surface area contributed by atoms with E-state index in [9.17, 15) is 40.3 Å². The van der Waals surface area contributed by atoms with Crippen molar-refractivity contribution >= 4 is 29.2 Å². The highest BCUT2D eigenvalue weighted by Gasteiger charge is 2.44. The summed E-state index contributed by atoms with van der Waals surface area (Å²) in [6.45, 7) is 3.94. The number of primary amides is 1. The van der Waals surface area contributed by atoms with Gasteiger partial charge in [0, 0.05) is 46.1 Å². The van der Waals surface area contributed by atoms with E-state index in [2.05, 4.69) is 19.9 Å². The van der Waals surface area contributed by atoms with Crippen molar-refractivity contribution in [3.05, 3.63) is 70.3 Å². The molecule has 5 rings (SSSR count). The Bertz CT molecular complexity index is 1910. The van der Waals surface area contributed by atoms with Crippen molar-refractivity contribution < 1.29 is 49.8 Å². The van der Waals surface area contributed by atoms with Crippen LogP contribution in [0.25, 0.3) is 16.7 Å². The number of carbonyl (C=O) groups excluding carboxylic acids is 2. The van der Waals surface area contributed by atoms with Crippen molar-refractivity contribution in [2.24, 2.45) is 16.5 Å². The molecule has 2 aliphatic rings. The van der Waals surface area contributed by atoms with E-state index in [0.717, 1.165) is 4.90 Å². The van der Waals surface area contributed by atoms with Crippen molar-refractivity contribution in [1.82, 2.24) is 19.9 Å². The molecule has 3 aromatic rings. The minimum absolute atomic E-state index is 0.00564. The van der Waals surface area contributed by atoms with Gasteiger partial charge in [0.25, 0.3) is 0 Å². The fourth-order valence-electron chi connectivity index (χ4n) is 5.90. The molecule has 0 radical (unpaired) electrons. The number of hydrogen-bond donors (Lipinski definition) is 2. The predicted octanol–water partition coefficient (Wildman–Crippen LogP) is 5.46. The van der Waals surface area contributed by atoms with Gasteiger partial charge in [0.05, 0.1) is 49.6 Å². The zero-order chi connectivity index (χ0) is 38.3. The topological polar surface area (TPSA) is 162 Å². The first-order valence-corrected chi connectivity index (χ1v) is 15.6. The van der Waals surface area contributed by atoms with Crippen LogP contribution < -0.4 is 21.1 Å². The molecule has 52 heavy (non-hydrogen) atoms. The van der Waals surface area contributed by atoms with Crippen LogP contribution in [0.15, 0.2) is 47.3 Å². The Balaban J connectivity index is 1.59. The van der Waals surface area contributed by atoms with Crippen LogP contribution in [0.1, 0.15) is 54.8 Å². The number of hydrogen-bond acceptors (Lipinski definition) is 10. The second-order valence-electron chi connectivity index (χ2n) is 12.3. The maximum Gasteiger partial charge on any atom is 0.416 e. The molecule has 0 spiro atoms. The molecule has 2 atom stereocenters. The number of halogens is 7. The molecule has 2 unspecified atom stereocenters. The molecule has 278 valence electrons. The molecular weight excluding hydrogens is 705 g/mol. The Morgan fingerprint density at radius 3 is 2.17 bits per heavy atom. The van der Waals surface area contributed by atoms with Crippen LogP contribution in [0.5, 0.6) is 5.88 Å². The first-order chi connectivity index (χ1) is 24.3. The van der Waals surface area contributed by atoms with Gasteiger partial charge in [-0.25, -0.2) is 24.1 Å². The zero-order valence-electron chi connectivity index (χ0n) is 28.1. The number of aromatic nitrogens is 3. The Hall–Kier alpha value is -5.49. The van der Waals surface area contributed by atoms with Crippen LogP contribution in [-0.2, 0) is 28.4 Å². The van der Waals surface area contributed by atoms with Gasteiger partial charge in [-0.15, -0.1) is 0 Å². The predicted molar refractivity (Wildman–Crippen MR) is 174 cm³/mol. The largest absolute Gasteiger partial charge is 0.481 e. The summed E-state index contributed by atoms with van der Waals surface area (Å²) in [4.78, 5) is 44.9. The van der Waals surface area contributed by atoms with Crippen LogP contribution >= 0.6 is 0 Å². The summed E-state index contributed by atoms with van der Waals surface area (Å²) in [5.74, 6) is -0.489. The Kier molecular flexibility index (Phi) is 10.4. The highest BCUT2D eigenvalue weighted by atomic mass is 19.4. The summed E-state index contributed by atoms with van der Waals surface area (Å²) in [6, 6.07) is 1.55. The minimum Gasteiger partial charge on any atom is -0.481 e. The second kappa shape index (κ2) is 14.3. The summed E-state index contributed by atoms with van der Waals surface area (Å²) in [7, 11) is 1.35. The number of pyridine rings is 1. The quantitative estimate of drug-likeness (QED) is 0.203. The number of nitrogens with zero attached hydrogens (tertiary/aromatic N) is 6. The fraction of sp³-hybridized carbons (Fsp3) is 0.394. The minimum atomic E-state index is -5.12. The van der Waals surface area contributed by atoms with Gasteiger partial charge in [0.15, 0.2) is 0 Å². The van der Waals surface area contributed by atoms with Crippen molar-refractivity contribution in [3.8, 4) is 17.0 Å². The van der Waals surface area contributed by atoms with Crippen molar-refractivity contribution in [2.75, 3.05) is 31.6 Å². The lowest BCUT2D eigenvalue weighted by atomic mass is 9.96. The smallest absolute Gasteiger partial charge is 0.416 e. The van der Waals surface area contributed by atoms with Gasteiger partial charge < -0.3 is 25.8 Å². The number of aliphatic imine (C=N–C) groups is 1. The van der Waals surface area contributed by atoms with Crippen LogP contribution in [0.3, 0.4) is 0 Å². The molecule has 12 nitrogen and oxygen atoms in total. The fourth-order valence-corrected chi connectivity index (χ4v) is 5.90. The summed E-state index contributed by atoms with van der Waals surface area (Å²) >= 11 is 0. The average molecular weight is 739 g/mol. The lowest BCUT2D eigenvalue weighted by molar-refractivity contribution is -0.143. The van der Waals surface area contributed by atoms with E-state index in [1.165, 1.54) is 31.3 Å². The second-order valence-corrected chi connectivity index (χ2v) is 12.3. The summed E-state index contributed by atoms with van der Waals surface area (Å²) in [5, 5.41) is 0. The molecule has 0 bridgehead atoms. The molecule has 19 heteroatoms. The van der Waals surface area contributed by atoms with Crippen LogP contribution in [0, 0.1) is 0 Å². The maximum absolute atomic E-state index is 13.8. The van der Waals surface area contributed by atoms with Crippen molar-refractivity contribution in [1.29, 1.82) is 0 Å². The van der Waals surface area contributed by atoms with Crippen molar-refractivity contribution in [3.63, 3.8) is 0 Å². The third kappa shape index (κ3) is 7.86. The molecule has 0 saturated carbocycles. The Labute approximate surface area is 292 Å². The third-order valence-corrected chi connectivity index (χ3v) is 8.48. The molecule has 2 aliphatic heterocycles. The molecule has 4 N–H and O–H groups in total. The van der Waals surface area contributed by atoms with E-state index in [1.54, 1.807) is 19.9 Å². The van der Waals surface area contributed by atoms with Gasteiger partial charge >= 0.3 is 18.4 Å². The normalized spacial score (nSPS) is 19.0. The van der Waals surface area contributed by atoms with E-state index in [4.69, 9.17) is 20.9 Å². The maximum atomic E-state index is 13.8. The Morgan fingerprint density at radius 1 is 1.00 bits per heavy atom. The number of amides is 2. The number of alkyl halides is 7.